The van der Waals surface area contributed by atoms with Gasteiger partial charge in [-0.05, 0) is 32.1 Å². The summed E-state index contributed by atoms with van der Waals surface area (Å²) in [7, 11) is 0. The average molecular weight is 371 g/mol. The number of nitrogens with zero attached hydrogens (tertiary/aromatic N) is 2. The van der Waals surface area contributed by atoms with Crippen LogP contribution in [0.5, 0.6) is 0 Å². The van der Waals surface area contributed by atoms with Crippen molar-refractivity contribution in [2.24, 2.45) is 0 Å². The van der Waals surface area contributed by atoms with E-state index in [1.54, 1.807) is 16.7 Å². The Hall–Kier alpha value is -0.860. The highest BCUT2D eigenvalue weighted by Crippen LogP contribution is 2.25. The zero-order valence-electron chi connectivity index (χ0n) is 14.2. The third-order valence-corrected chi connectivity index (χ3v) is 6.78. The van der Waals surface area contributed by atoms with Crippen molar-refractivity contribution in [3.8, 4) is 0 Å². The van der Waals surface area contributed by atoms with Crippen molar-refractivity contribution in [1.29, 1.82) is 0 Å². The van der Waals surface area contributed by atoms with Crippen LogP contribution in [0.1, 0.15) is 51.4 Å². The lowest BCUT2D eigenvalue weighted by Gasteiger charge is -2.22. The lowest BCUT2D eigenvalue weighted by molar-refractivity contribution is -0.902. The van der Waals surface area contributed by atoms with Gasteiger partial charge >= 0.3 is 6.03 Å². The molecule has 134 valence electrons. The Morgan fingerprint density at radius 2 is 1.88 bits per heavy atom. The second kappa shape index (κ2) is 9.58. The number of quaternary nitrogens is 1. The molecule has 3 N–H and O–H groups in total. The highest BCUT2D eigenvalue weighted by atomic mass is 32.2. The van der Waals surface area contributed by atoms with Crippen molar-refractivity contribution in [3.63, 3.8) is 0 Å². The molecular formula is C16H28N5OS2+. The second-order valence-electron chi connectivity index (χ2n) is 6.72. The number of rotatable bonds is 6. The smallest absolute Gasteiger partial charge is 0.321 e. The second-order valence-corrected chi connectivity index (χ2v) is 9.04. The number of piperidine rings is 1. The van der Waals surface area contributed by atoms with Crippen molar-refractivity contribution in [1.82, 2.24) is 15.5 Å². The Bertz CT molecular complexity index is 512. The number of thioether (sulfide) groups is 1. The van der Waals surface area contributed by atoms with Crippen molar-refractivity contribution >= 4 is 34.3 Å². The van der Waals surface area contributed by atoms with Crippen LogP contribution in [0, 0.1) is 0 Å². The van der Waals surface area contributed by atoms with E-state index in [4.69, 9.17) is 0 Å². The summed E-state index contributed by atoms with van der Waals surface area (Å²) in [6.45, 7) is 3.81. The van der Waals surface area contributed by atoms with Crippen molar-refractivity contribution in [2.75, 3.05) is 30.7 Å². The van der Waals surface area contributed by atoms with Crippen LogP contribution in [0.15, 0.2) is 4.34 Å². The van der Waals surface area contributed by atoms with Gasteiger partial charge in [0, 0.05) is 11.8 Å². The van der Waals surface area contributed by atoms with Crippen LogP contribution in [0.3, 0.4) is 0 Å². The molecule has 0 bridgehead atoms. The van der Waals surface area contributed by atoms with Gasteiger partial charge in [-0.3, -0.25) is 5.32 Å². The molecule has 1 saturated heterocycles. The van der Waals surface area contributed by atoms with Crippen molar-refractivity contribution in [3.05, 3.63) is 0 Å². The maximum absolute atomic E-state index is 12.0. The van der Waals surface area contributed by atoms with E-state index in [1.165, 1.54) is 69.5 Å². The van der Waals surface area contributed by atoms with Gasteiger partial charge < -0.3 is 10.2 Å². The lowest BCUT2D eigenvalue weighted by Crippen LogP contribution is -3.13. The number of anilines is 1. The molecule has 0 atom stereocenters. The summed E-state index contributed by atoms with van der Waals surface area (Å²) in [5.41, 5.74) is 0. The first-order valence-corrected chi connectivity index (χ1v) is 11.0. The number of urea groups is 1. The van der Waals surface area contributed by atoms with Crippen LogP contribution < -0.4 is 15.5 Å². The van der Waals surface area contributed by atoms with E-state index >= 15 is 0 Å². The molecule has 24 heavy (non-hydrogen) atoms. The van der Waals surface area contributed by atoms with E-state index in [2.05, 4.69) is 20.8 Å². The van der Waals surface area contributed by atoms with Gasteiger partial charge in [0.2, 0.25) is 5.13 Å². The minimum atomic E-state index is -0.146. The molecule has 0 aromatic carbocycles. The van der Waals surface area contributed by atoms with Gasteiger partial charge in [0.05, 0.1) is 19.6 Å². The highest BCUT2D eigenvalue weighted by Gasteiger charge is 2.17. The normalized spacial score (nSPS) is 20.0. The molecule has 2 fully saturated rings. The fourth-order valence-corrected chi connectivity index (χ4v) is 5.33. The number of likely N-dealkylation sites (tertiary alicyclic amines) is 1. The van der Waals surface area contributed by atoms with E-state index in [9.17, 15) is 4.79 Å². The Morgan fingerprint density at radius 1 is 1.12 bits per heavy atom. The summed E-state index contributed by atoms with van der Waals surface area (Å²) in [5.74, 6) is 1.07. The van der Waals surface area contributed by atoms with E-state index in [0.717, 1.165) is 22.9 Å². The average Bonchev–Trinajstić information content (AvgIpc) is 3.04. The van der Waals surface area contributed by atoms with E-state index < -0.39 is 0 Å². The van der Waals surface area contributed by atoms with Crippen LogP contribution in [-0.4, -0.2) is 47.7 Å². The minimum Gasteiger partial charge on any atom is -0.335 e. The van der Waals surface area contributed by atoms with Gasteiger partial charge in [-0.15, -0.1) is 10.2 Å². The topological polar surface area (TPSA) is 71.3 Å². The molecule has 0 unspecified atom stereocenters. The number of carbonyl (C=O) groups is 1. The highest BCUT2D eigenvalue weighted by molar-refractivity contribution is 8.01. The number of carbonyl (C=O) groups excluding carboxylic acids is 1. The third kappa shape index (κ3) is 5.89. The zero-order chi connectivity index (χ0) is 16.6. The zero-order valence-corrected chi connectivity index (χ0v) is 15.8. The molecule has 1 saturated carbocycles. The first kappa shape index (κ1) is 17.9. The molecule has 1 aromatic heterocycles. The Balaban J connectivity index is 1.35. The molecule has 6 nitrogen and oxygen atoms in total. The summed E-state index contributed by atoms with van der Waals surface area (Å²) in [4.78, 5) is 13.7. The van der Waals surface area contributed by atoms with Crippen molar-refractivity contribution in [2.45, 2.75) is 61.7 Å². The van der Waals surface area contributed by atoms with E-state index in [0.29, 0.717) is 11.2 Å². The summed E-state index contributed by atoms with van der Waals surface area (Å²) in [6, 6.07) is 0.167. The van der Waals surface area contributed by atoms with Gasteiger partial charge in [0.25, 0.3) is 0 Å². The summed E-state index contributed by atoms with van der Waals surface area (Å²) in [6.07, 6.45) is 10.0. The molecule has 2 amide bonds. The Morgan fingerprint density at radius 3 is 2.67 bits per heavy atom. The largest absolute Gasteiger partial charge is 0.335 e. The molecule has 1 aromatic rings. The number of nitrogens with one attached hydrogen (secondary N) is 3. The van der Waals surface area contributed by atoms with Gasteiger partial charge in [0.15, 0.2) is 4.34 Å². The fraction of sp³-hybridized carbons (Fsp3) is 0.812. The van der Waals surface area contributed by atoms with Crippen LogP contribution in [0.4, 0.5) is 9.93 Å². The molecule has 3 rings (SSSR count). The lowest BCUT2D eigenvalue weighted by atomic mass is 9.96. The van der Waals surface area contributed by atoms with Crippen LogP contribution >= 0.6 is 23.1 Å². The molecule has 2 aliphatic rings. The van der Waals surface area contributed by atoms with Gasteiger partial charge in [-0.2, -0.15) is 0 Å². The van der Waals surface area contributed by atoms with Crippen LogP contribution in [0.25, 0.3) is 0 Å². The van der Waals surface area contributed by atoms with Crippen LogP contribution in [0.2, 0.25) is 0 Å². The maximum atomic E-state index is 12.0. The molecule has 1 aliphatic heterocycles. The van der Waals surface area contributed by atoms with E-state index in [1.807, 2.05) is 0 Å². The number of aromatic nitrogens is 2. The number of amides is 2. The minimum absolute atomic E-state index is 0.146. The fourth-order valence-electron chi connectivity index (χ4n) is 3.47. The van der Waals surface area contributed by atoms with Gasteiger partial charge in [-0.1, -0.05) is 42.4 Å². The molecule has 0 radical (unpaired) electrons. The third-order valence-electron chi connectivity index (χ3n) is 4.81. The van der Waals surface area contributed by atoms with E-state index in [-0.39, 0.29) is 6.03 Å². The van der Waals surface area contributed by atoms with Crippen molar-refractivity contribution < 1.29 is 9.69 Å². The molecule has 1 aliphatic carbocycles. The summed E-state index contributed by atoms with van der Waals surface area (Å²) >= 11 is 3.22. The van der Waals surface area contributed by atoms with Crippen LogP contribution in [-0.2, 0) is 0 Å². The SMILES string of the molecule is O=C(Nc1nnc(SCC[NH+]2CCCCC2)s1)NC1CCCCC1. The Labute approximate surface area is 152 Å². The molecule has 0 spiro atoms. The summed E-state index contributed by atoms with van der Waals surface area (Å²) in [5, 5.41) is 14.7. The maximum Gasteiger partial charge on any atom is 0.321 e. The van der Waals surface area contributed by atoms with Gasteiger partial charge in [-0.25, -0.2) is 4.79 Å². The quantitative estimate of drug-likeness (QED) is 0.530. The standard InChI is InChI=1S/C16H27N5OS2/c22-14(17-13-7-3-1-4-8-13)18-15-19-20-16(24-15)23-12-11-21-9-5-2-6-10-21/h13H,1-12H2,(H2,17,18,19,22)/p+1. The summed E-state index contributed by atoms with van der Waals surface area (Å²) < 4.78 is 0.944. The predicted octanol–water partition coefficient (Wildman–Crippen LogP) is 2.15. The predicted molar refractivity (Wildman–Crippen MR) is 99.1 cm³/mol. The number of hydrogen-bond acceptors (Lipinski definition) is 5. The Kier molecular flexibility index (Phi) is 7.16. The first-order chi connectivity index (χ1) is 11.8. The molecule has 2 heterocycles. The first-order valence-electron chi connectivity index (χ1n) is 9.17. The molecule has 8 heteroatoms. The van der Waals surface area contributed by atoms with Gasteiger partial charge in [0.1, 0.15) is 0 Å². The molecular weight excluding hydrogens is 342 g/mol. The monoisotopic (exact) mass is 370 g/mol. The number of hydrogen-bond donors (Lipinski definition) is 3.